The molecule has 18 heavy (non-hydrogen) atoms. The number of pyridine rings is 2. The highest BCUT2D eigenvalue weighted by molar-refractivity contribution is 8.14. The molecule has 0 saturated carbocycles. The van der Waals surface area contributed by atoms with E-state index >= 15 is 0 Å². The van der Waals surface area contributed by atoms with Gasteiger partial charge in [-0.05, 0) is 36.0 Å². The fourth-order valence-corrected chi connectivity index (χ4v) is 2.08. The zero-order chi connectivity index (χ0) is 13.0. The Morgan fingerprint density at radius 3 is 2.50 bits per heavy atom. The predicted octanol–water partition coefficient (Wildman–Crippen LogP) is 2.11. The number of aromatic nitrogens is 2. The maximum absolute atomic E-state index is 11.9. The Morgan fingerprint density at radius 1 is 1.11 bits per heavy atom. The van der Waals surface area contributed by atoms with Crippen LogP contribution in [0.2, 0.25) is 0 Å². The van der Waals surface area contributed by atoms with E-state index in [1.807, 2.05) is 0 Å². The van der Waals surface area contributed by atoms with E-state index in [0.717, 1.165) is 11.8 Å². The Hall–Kier alpha value is -2.21. The molecule has 0 saturated heterocycles. The summed E-state index contributed by atoms with van der Waals surface area (Å²) in [5.74, 6) is -1.10. The molecule has 0 aromatic carbocycles. The van der Waals surface area contributed by atoms with Crippen molar-refractivity contribution in [3.05, 3.63) is 54.0 Å². The van der Waals surface area contributed by atoms with Crippen molar-refractivity contribution >= 4 is 22.8 Å². The predicted molar refractivity (Wildman–Crippen MR) is 65.6 cm³/mol. The van der Waals surface area contributed by atoms with Crippen LogP contribution in [0.5, 0.6) is 0 Å². The van der Waals surface area contributed by atoms with E-state index in [2.05, 4.69) is 9.97 Å². The van der Waals surface area contributed by atoms with Gasteiger partial charge in [0.05, 0.1) is 5.56 Å². The molecule has 0 aliphatic heterocycles. The summed E-state index contributed by atoms with van der Waals surface area (Å²) in [5, 5.41) is 8.90. The number of carbonyl (C=O) groups is 2. The molecule has 90 valence electrons. The SMILES string of the molecule is O=C(Sc1ncccc1C(=O)O)c1ccncc1. The Kier molecular flexibility index (Phi) is 3.69. The van der Waals surface area contributed by atoms with Crippen LogP contribution in [0, 0.1) is 0 Å². The monoisotopic (exact) mass is 260 g/mol. The van der Waals surface area contributed by atoms with Gasteiger partial charge in [-0.2, -0.15) is 0 Å². The normalized spacial score (nSPS) is 10.0. The number of hydrogen-bond acceptors (Lipinski definition) is 5. The van der Waals surface area contributed by atoms with Crippen molar-refractivity contribution in [2.75, 3.05) is 0 Å². The average molecular weight is 260 g/mol. The van der Waals surface area contributed by atoms with E-state index in [-0.39, 0.29) is 15.7 Å². The van der Waals surface area contributed by atoms with Crippen LogP contribution in [0.1, 0.15) is 20.7 Å². The smallest absolute Gasteiger partial charge is 0.338 e. The molecule has 0 unspecified atom stereocenters. The number of carboxylic acid groups (broad SMARTS) is 1. The standard InChI is InChI=1S/C12H8N2O3S/c15-11(16)9-2-1-5-14-10(9)18-12(17)8-3-6-13-7-4-8/h1-7H,(H,15,16). The minimum absolute atomic E-state index is 0.0184. The zero-order valence-corrected chi connectivity index (χ0v) is 9.92. The lowest BCUT2D eigenvalue weighted by atomic mass is 10.3. The van der Waals surface area contributed by atoms with Crippen molar-refractivity contribution in [2.45, 2.75) is 5.03 Å². The maximum atomic E-state index is 11.9. The molecule has 0 spiro atoms. The molecule has 2 heterocycles. The summed E-state index contributed by atoms with van der Waals surface area (Å²) in [4.78, 5) is 30.6. The highest BCUT2D eigenvalue weighted by atomic mass is 32.2. The molecule has 2 aromatic rings. The van der Waals surface area contributed by atoms with Gasteiger partial charge in [0.1, 0.15) is 5.03 Å². The van der Waals surface area contributed by atoms with Crippen LogP contribution in [0.4, 0.5) is 0 Å². The van der Waals surface area contributed by atoms with Gasteiger partial charge in [0.15, 0.2) is 0 Å². The van der Waals surface area contributed by atoms with Crippen molar-refractivity contribution in [1.82, 2.24) is 9.97 Å². The molecule has 0 amide bonds. The van der Waals surface area contributed by atoms with Gasteiger partial charge in [-0.25, -0.2) is 9.78 Å². The molecule has 6 heteroatoms. The number of carbonyl (C=O) groups excluding carboxylic acids is 1. The second kappa shape index (κ2) is 5.42. The molecule has 0 atom stereocenters. The van der Waals surface area contributed by atoms with Crippen molar-refractivity contribution in [1.29, 1.82) is 0 Å². The Balaban J connectivity index is 2.25. The maximum Gasteiger partial charge on any atom is 0.338 e. The van der Waals surface area contributed by atoms with Crippen LogP contribution in [0.15, 0.2) is 47.9 Å². The minimum Gasteiger partial charge on any atom is -0.478 e. The third-order valence-electron chi connectivity index (χ3n) is 2.11. The number of aromatic carboxylic acids is 1. The van der Waals surface area contributed by atoms with E-state index in [0.29, 0.717) is 5.56 Å². The molecule has 1 N–H and O–H groups in total. The van der Waals surface area contributed by atoms with Gasteiger partial charge in [-0.3, -0.25) is 9.78 Å². The summed E-state index contributed by atoms with van der Waals surface area (Å²) >= 11 is 0.793. The van der Waals surface area contributed by atoms with Crippen LogP contribution in [0.3, 0.4) is 0 Å². The van der Waals surface area contributed by atoms with Gasteiger partial charge in [-0.15, -0.1) is 0 Å². The Labute approximate surface area is 107 Å². The number of nitrogens with zero attached hydrogens (tertiary/aromatic N) is 2. The van der Waals surface area contributed by atoms with E-state index in [4.69, 9.17) is 5.11 Å². The van der Waals surface area contributed by atoms with Gasteiger partial charge >= 0.3 is 5.97 Å². The summed E-state index contributed by atoms with van der Waals surface area (Å²) in [7, 11) is 0. The number of rotatable bonds is 3. The molecule has 0 bridgehead atoms. The van der Waals surface area contributed by atoms with Crippen molar-refractivity contribution in [3.63, 3.8) is 0 Å². The van der Waals surface area contributed by atoms with Crippen LogP contribution in [-0.4, -0.2) is 26.2 Å². The Morgan fingerprint density at radius 2 is 1.83 bits per heavy atom. The molecular weight excluding hydrogens is 252 g/mol. The zero-order valence-electron chi connectivity index (χ0n) is 9.11. The van der Waals surface area contributed by atoms with E-state index in [1.165, 1.54) is 30.7 Å². The second-order valence-electron chi connectivity index (χ2n) is 3.29. The molecule has 0 radical (unpaired) electrons. The lowest BCUT2D eigenvalue weighted by molar-refractivity contribution is 0.0692. The second-order valence-corrected chi connectivity index (χ2v) is 4.25. The fourth-order valence-electron chi connectivity index (χ4n) is 1.27. The molecule has 0 fully saturated rings. The van der Waals surface area contributed by atoms with Gasteiger partial charge in [0.2, 0.25) is 5.12 Å². The van der Waals surface area contributed by atoms with Crippen LogP contribution in [0.25, 0.3) is 0 Å². The molecular formula is C12H8N2O3S. The van der Waals surface area contributed by atoms with Gasteiger partial charge in [0, 0.05) is 24.2 Å². The first-order chi connectivity index (χ1) is 8.68. The third kappa shape index (κ3) is 2.72. The van der Waals surface area contributed by atoms with E-state index in [1.54, 1.807) is 12.1 Å². The summed E-state index contributed by atoms with van der Waals surface area (Å²) in [6, 6.07) is 6.07. The van der Waals surface area contributed by atoms with Crippen LogP contribution in [-0.2, 0) is 0 Å². The first-order valence-electron chi connectivity index (χ1n) is 4.99. The first-order valence-corrected chi connectivity index (χ1v) is 5.80. The lowest BCUT2D eigenvalue weighted by Gasteiger charge is -2.03. The van der Waals surface area contributed by atoms with Crippen molar-refractivity contribution < 1.29 is 14.7 Å². The van der Waals surface area contributed by atoms with E-state index < -0.39 is 5.97 Å². The van der Waals surface area contributed by atoms with Gasteiger partial charge in [0.25, 0.3) is 0 Å². The summed E-state index contributed by atoms with van der Waals surface area (Å²) in [5.41, 5.74) is 0.474. The third-order valence-corrected chi connectivity index (χ3v) is 3.05. The average Bonchev–Trinajstić information content (AvgIpc) is 2.40. The number of carboxylic acids is 1. The van der Waals surface area contributed by atoms with Crippen LogP contribution < -0.4 is 0 Å². The summed E-state index contributed by atoms with van der Waals surface area (Å²) < 4.78 is 0. The molecule has 5 nitrogen and oxygen atoms in total. The van der Waals surface area contributed by atoms with Gasteiger partial charge < -0.3 is 5.11 Å². The Bertz CT molecular complexity index is 587. The van der Waals surface area contributed by atoms with Crippen molar-refractivity contribution in [2.24, 2.45) is 0 Å². The topological polar surface area (TPSA) is 80.2 Å². The molecule has 2 rings (SSSR count). The first kappa shape index (κ1) is 12.3. The quantitative estimate of drug-likeness (QED) is 0.851. The highest BCUT2D eigenvalue weighted by Crippen LogP contribution is 2.23. The van der Waals surface area contributed by atoms with E-state index in [9.17, 15) is 9.59 Å². The molecule has 0 aliphatic carbocycles. The van der Waals surface area contributed by atoms with Crippen molar-refractivity contribution in [3.8, 4) is 0 Å². The summed E-state index contributed by atoms with van der Waals surface area (Å²) in [6.07, 6.45) is 4.46. The summed E-state index contributed by atoms with van der Waals surface area (Å²) in [6.45, 7) is 0. The minimum atomic E-state index is -1.10. The molecule has 2 aromatic heterocycles. The number of thioether (sulfide) groups is 1. The highest BCUT2D eigenvalue weighted by Gasteiger charge is 2.15. The molecule has 0 aliphatic rings. The largest absolute Gasteiger partial charge is 0.478 e. The van der Waals surface area contributed by atoms with Gasteiger partial charge in [-0.1, -0.05) is 0 Å². The number of hydrogen-bond donors (Lipinski definition) is 1. The lowest BCUT2D eigenvalue weighted by Crippen LogP contribution is -2.02. The van der Waals surface area contributed by atoms with Crippen LogP contribution >= 0.6 is 11.8 Å². The fraction of sp³-hybridized carbons (Fsp3) is 0.